The molecular weight excluding hydrogens is 346 g/mol. The molecule has 1 fully saturated rings. The second-order valence-electron chi connectivity index (χ2n) is 6.18. The highest BCUT2D eigenvalue weighted by Gasteiger charge is 2.26. The van der Waals surface area contributed by atoms with Crippen molar-refractivity contribution in [3.63, 3.8) is 0 Å². The van der Waals surface area contributed by atoms with Crippen LogP contribution in [-0.2, 0) is 4.74 Å². The third kappa shape index (κ3) is 4.52. The van der Waals surface area contributed by atoms with Gasteiger partial charge >= 0.3 is 6.09 Å². The van der Waals surface area contributed by atoms with Gasteiger partial charge in [-0.05, 0) is 31.5 Å². The molecule has 3 rings (SSSR count). The molecule has 1 saturated heterocycles. The highest BCUT2D eigenvalue weighted by Crippen LogP contribution is 2.17. The number of anilines is 2. The average Bonchev–Trinajstić information content (AvgIpc) is 2.70. The molecule has 8 heteroatoms. The van der Waals surface area contributed by atoms with Gasteiger partial charge < -0.3 is 19.9 Å². The zero-order valence-corrected chi connectivity index (χ0v) is 15.5. The molecule has 0 saturated carbocycles. The number of hydrogen-bond acceptors (Lipinski definition) is 6. The van der Waals surface area contributed by atoms with E-state index in [2.05, 4.69) is 15.3 Å². The molecular formula is C19H23N5O3. The van der Waals surface area contributed by atoms with E-state index in [1.165, 1.54) is 0 Å². The number of benzene rings is 1. The second-order valence-corrected chi connectivity index (χ2v) is 6.18. The predicted molar refractivity (Wildman–Crippen MR) is 101 cm³/mol. The van der Waals surface area contributed by atoms with Crippen molar-refractivity contribution >= 4 is 23.6 Å². The predicted octanol–water partition coefficient (Wildman–Crippen LogP) is 2.44. The van der Waals surface area contributed by atoms with Crippen LogP contribution < -0.4 is 5.32 Å². The van der Waals surface area contributed by atoms with Crippen LogP contribution in [0.1, 0.15) is 23.0 Å². The Morgan fingerprint density at radius 2 is 1.81 bits per heavy atom. The van der Waals surface area contributed by atoms with Gasteiger partial charge in [-0.2, -0.15) is 0 Å². The first-order valence-electron chi connectivity index (χ1n) is 8.95. The van der Waals surface area contributed by atoms with Crippen LogP contribution in [0.3, 0.4) is 0 Å². The van der Waals surface area contributed by atoms with Gasteiger partial charge in [0.05, 0.1) is 6.61 Å². The van der Waals surface area contributed by atoms with Crippen molar-refractivity contribution < 1.29 is 14.3 Å². The minimum absolute atomic E-state index is 0.172. The number of aryl methyl sites for hydroxylation is 1. The smallest absolute Gasteiger partial charge is 0.409 e. The summed E-state index contributed by atoms with van der Waals surface area (Å²) in [5.41, 5.74) is 2.28. The number of rotatable bonds is 4. The van der Waals surface area contributed by atoms with Gasteiger partial charge in [0, 0.05) is 38.1 Å². The molecule has 0 spiro atoms. The number of aromatic nitrogens is 2. The molecule has 0 unspecified atom stereocenters. The van der Waals surface area contributed by atoms with E-state index >= 15 is 0 Å². The molecule has 0 atom stereocenters. The van der Waals surface area contributed by atoms with Crippen LogP contribution in [0.15, 0.2) is 36.5 Å². The van der Waals surface area contributed by atoms with E-state index in [0.717, 1.165) is 11.3 Å². The molecule has 0 radical (unpaired) electrons. The largest absolute Gasteiger partial charge is 0.450 e. The molecule has 1 aliphatic heterocycles. The Morgan fingerprint density at radius 1 is 1.11 bits per heavy atom. The molecule has 0 bridgehead atoms. The molecule has 1 aromatic heterocycles. The lowest BCUT2D eigenvalue weighted by molar-refractivity contribution is 0.0566. The summed E-state index contributed by atoms with van der Waals surface area (Å²) < 4.78 is 5.00. The summed E-state index contributed by atoms with van der Waals surface area (Å²) in [6, 6.07) is 9.40. The molecule has 2 aromatic rings. The topological polar surface area (TPSA) is 87.7 Å². The lowest BCUT2D eigenvalue weighted by Crippen LogP contribution is -2.50. The Hall–Kier alpha value is -3.16. The SMILES string of the molecule is CCOC(=O)N1CCN(C(=O)c2ccnc(Nc3ccccc3C)n2)CC1. The fourth-order valence-corrected chi connectivity index (χ4v) is 2.84. The summed E-state index contributed by atoms with van der Waals surface area (Å²) in [5.74, 6) is 0.203. The summed E-state index contributed by atoms with van der Waals surface area (Å²) in [4.78, 5) is 36.4. The van der Waals surface area contributed by atoms with Gasteiger partial charge in [0.25, 0.3) is 5.91 Å². The highest BCUT2D eigenvalue weighted by molar-refractivity contribution is 5.92. The minimum Gasteiger partial charge on any atom is -0.450 e. The maximum Gasteiger partial charge on any atom is 0.409 e. The first-order chi connectivity index (χ1) is 13.1. The molecule has 142 valence electrons. The molecule has 2 heterocycles. The van der Waals surface area contributed by atoms with E-state index in [0.29, 0.717) is 44.4 Å². The summed E-state index contributed by atoms with van der Waals surface area (Å²) in [6.07, 6.45) is 1.23. The van der Waals surface area contributed by atoms with Crippen molar-refractivity contribution in [1.82, 2.24) is 19.8 Å². The van der Waals surface area contributed by atoms with Gasteiger partial charge in [0.2, 0.25) is 5.95 Å². The molecule has 0 aliphatic carbocycles. The van der Waals surface area contributed by atoms with E-state index in [-0.39, 0.29) is 12.0 Å². The maximum atomic E-state index is 12.7. The minimum atomic E-state index is -0.337. The van der Waals surface area contributed by atoms with Crippen LogP contribution in [-0.4, -0.2) is 64.6 Å². The molecule has 1 aliphatic rings. The normalized spacial score (nSPS) is 14.0. The van der Waals surface area contributed by atoms with E-state index < -0.39 is 0 Å². The van der Waals surface area contributed by atoms with Crippen molar-refractivity contribution in [2.75, 3.05) is 38.1 Å². The fourth-order valence-electron chi connectivity index (χ4n) is 2.84. The third-order valence-corrected chi connectivity index (χ3v) is 4.36. The van der Waals surface area contributed by atoms with Gasteiger partial charge in [0.15, 0.2) is 0 Å². The number of carbonyl (C=O) groups is 2. The zero-order valence-electron chi connectivity index (χ0n) is 15.5. The summed E-state index contributed by atoms with van der Waals surface area (Å²) >= 11 is 0. The van der Waals surface area contributed by atoms with Crippen LogP contribution in [0.2, 0.25) is 0 Å². The number of carbonyl (C=O) groups excluding carboxylic acids is 2. The number of ether oxygens (including phenoxy) is 1. The molecule has 27 heavy (non-hydrogen) atoms. The molecule has 2 amide bonds. The zero-order chi connectivity index (χ0) is 19.2. The lowest BCUT2D eigenvalue weighted by atomic mass is 10.2. The monoisotopic (exact) mass is 369 g/mol. The van der Waals surface area contributed by atoms with Gasteiger partial charge in [-0.1, -0.05) is 18.2 Å². The van der Waals surface area contributed by atoms with Gasteiger partial charge in [0.1, 0.15) is 5.69 Å². The van der Waals surface area contributed by atoms with Crippen molar-refractivity contribution in [3.05, 3.63) is 47.8 Å². The highest BCUT2D eigenvalue weighted by atomic mass is 16.6. The van der Waals surface area contributed by atoms with Crippen molar-refractivity contribution in [1.29, 1.82) is 0 Å². The average molecular weight is 369 g/mol. The second kappa shape index (κ2) is 8.48. The van der Waals surface area contributed by atoms with E-state index in [1.807, 2.05) is 31.2 Å². The summed E-state index contributed by atoms with van der Waals surface area (Å²) in [5, 5.41) is 3.14. The van der Waals surface area contributed by atoms with Crippen LogP contribution in [0, 0.1) is 6.92 Å². The fraction of sp³-hybridized carbons (Fsp3) is 0.368. The standard InChI is InChI=1S/C19H23N5O3/c1-3-27-19(26)24-12-10-23(11-13-24)17(25)16-8-9-20-18(22-16)21-15-7-5-4-6-14(15)2/h4-9H,3,10-13H2,1-2H3,(H,20,21,22). The van der Waals surface area contributed by atoms with Crippen molar-refractivity contribution in [2.24, 2.45) is 0 Å². The summed E-state index contributed by atoms with van der Waals surface area (Å²) in [6.45, 7) is 5.89. The molecule has 1 N–H and O–H groups in total. The van der Waals surface area contributed by atoms with Crippen molar-refractivity contribution in [3.8, 4) is 0 Å². The Labute approximate surface area is 158 Å². The van der Waals surface area contributed by atoms with Gasteiger partial charge in [-0.15, -0.1) is 0 Å². The van der Waals surface area contributed by atoms with E-state index in [4.69, 9.17) is 4.74 Å². The number of nitrogens with zero attached hydrogens (tertiary/aromatic N) is 4. The Balaban J connectivity index is 1.64. The number of para-hydroxylation sites is 1. The Morgan fingerprint density at radius 3 is 2.52 bits per heavy atom. The van der Waals surface area contributed by atoms with Crippen LogP contribution >= 0.6 is 0 Å². The van der Waals surface area contributed by atoms with Crippen LogP contribution in [0.25, 0.3) is 0 Å². The number of amides is 2. The number of hydrogen-bond donors (Lipinski definition) is 1. The quantitative estimate of drug-likeness (QED) is 0.891. The lowest BCUT2D eigenvalue weighted by Gasteiger charge is -2.33. The van der Waals surface area contributed by atoms with Crippen molar-refractivity contribution in [2.45, 2.75) is 13.8 Å². The van der Waals surface area contributed by atoms with Gasteiger partial charge in [-0.3, -0.25) is 4.79 Å². The summed E-state index contributed by atoms with van der Waals surface area (Å²) in [7, 11) is 0. The van der Waals surface area contributed by atoms with E-state index in [9.17, 15) is 9.59 Å². The Bertz CT molecular complexity index is 818. The Kier molecular flexibility index (Phi) is 5.85. The third-order valence-electron chi connectivity index (χ3n) is 4.36. The first kappa shape index (κ1) is 18.6. The van der Waals surface area contributed by atoms with E-state index in [1.54, 1.807) is 29.0 Å². The first-order valence-corrected chi connectivity index (χ1v) is 8.95. The maximum absolute atomic E-state index is 12.7. The molecule has 1 aromatic carbocycles. The van der Waals surface area contributed by atoms with Crippen LogP contribution in [0.4, 0.5) is 16.4 Å². The van der Waals surface area contributed by atoms with Crippen LogP contribution in [0.5, 0.6) is 0 Å². The van der Waals surface area contributed by atoms with Gasteiger partial charge in [-0.25, -0.2) is 14.8 Å². The number of piperazine rings is 1. The molecule has 8 nitrogen and oxygen atoms in total. The number of nitrogens with one attached hydrogen (secondary N) is 1.